The molecule has 0 unspecified atom stereocenters. The fourth-order valence-corrected chi connectivity index (χ4v) is 0. The van der Waals surface area contributed by atoms with Gasteiger partial charge in [0.25, 0.3) is 0 Å². The molecule has 0 saturated carbocycles. The zero-order chi connectivity index (χ0) is 7.15. The van der Waals surface area contributed by atoms with Gasteiger partial charge in [0.05, 0.1) is 0 Å². The summed E-state index contributed by atoms with van der Waals surface area (Å²) in [5.74, 6) is 0. The van der Waals surface area contributed by atoms with Crippen molar-refractivity contribution in [3.05, 3.63) is 0 Å². The number of rotatable bonds is 0. The standard InChI is InChI=1S/2CH2O3.As.Na/c2*2-1(3)4;;/h2*(H2,2,3,4);;/q;;+3;+1/p-4. The molecule has 0 aliphatic heterocycles. The van der Waals surface area contributed by atoms with E-state index < -0.39 is 12.3 Å². The molecule has 0 saturated heterocycles. The van der Waals surface area contributed by atoms with Crippen LogP contribution in [0.15, 0.2) is 0 Å². The maximum atomic E-state index is 8.33. The molecule has 0 heterocycles. The summed E-state index contributed by atoms with van der Waals surface area (Å²) in [7, 11) is 0. The third kappa shape index (κ3) is 42100. The molecule has 0 bridgehead atoms. The molecule has 8 heteroatoms. The van der Waals surface area contributed by atoms with Crippen molar-refractivity contribution in [3.63, 3.8) is 0 Å². The van der Waals surface area contributed by atoms with Crippen LogP contribution in [0.25, 0.3) is 0 Å². The van der Waals surface area contributed by atoms with Crippen LogP contribution in [0.1, 0.15) is 0 Å². The van der Waals surface area contributed by atoms with Gasteiger partial charge in [-0.25, -0.2) is 0 Å². The fourth-order valence-electron chi connectivity index (χ4n) is 0. The SMILES string of the molecule is O=C([O-])[O-].O=C([O-])[O-].[As+3].[Na+]. The van der Waals surface area contributed by atoms with Gasteiger partial charge < -0.3 is 30.0 Å². The molecule has 0 aromatic carbocycles. The number of hydrogen-bond donors (Lipinski definition) is 0. The van der Waals surface area contributed by atoms with E-state index in [0.717, 1.165) is 0 Å². The second-order valence-corrected chi connectivity index (χ2v) is 0.500. The molecule has 0 N–H and O–H groups in total. The predicted molar refractivity (Wildman–Crippen MR) is 16.5 cm³/mol. The van der Waals surface area contributed by atoms with Gasteiger partial charge in [-0.05, 0) is 12.3 Å². The van der Waals surface area contributed by atoms with Crippen molar-refractivity contribution >= 4 is 30.3 Å². The molecule has 6 nitrogen and oxygen atoms in total. The first-order valence-electron chi connectivity index (χ1n) is 1.22. The fraction of sp³-hybridized carbons (Fsp3) is 0. The van der Waals surface area contributed by atoms with Crippen LogP contribution in [0.2, 0.25) is 0 Å². The zero-order valence-corrected chi connectivity index (χ0v) is 8.77. The predicted octanol–water partition coefficient (Wildman–Crippen LogP) is -8.27. The summed E-state index contributed by atoms with van der Waals surface area (Å²) in [4.78, 5) is 16.7. The second-order valence-electron chi connectivity index (χ2n) is 0.500. The van der Waals surface area contributed by atoms with Crippen LogP contribution in [0, 0.1) is 0 Å². The molecule has 0 fully saturated rings. The van der Waals surface area contributed by atoms with Gasteiger partial charge in [0.2, 0.25) is 0 Å². The van der Waals surface area contributed by atoms with Crippen molar-refractivity contribution in [1.29, 1.82) is 0 Å². The molecule has 0 aromatic heterocycles. The van der Waals surface area contributed by atoms with Crippen LogP contribution in [0.3, 0.4) is 0 Å². The van der Waals surface area contributed by atoms with E-state index in [-0.39, 0.29) is 47.5 Å². The number of carbonyl (C=O) groups excluding carboxylic acids is 2. The Morgan fingerprint density at radius 1 is 0.800 bits per heavy atom. The second kappa shape index (κ2) is 16.0. The van der Waals surface area contributed by atoms with Crippen molar-refractivity contribution in [2.75, 3.05) is 0 Å². The molecule has 0 amide bonds. The first kappa shape index (κ1) is 22.5. The monoisotopic (exact) mass is 218 g/mol. The molecule has 50 valence electrons. The smallest absolute Gasteiger partial charge is 0.652 e. The summed E-state index contributed by atoms with van der Waals surface area (Å²) < 4.78 is 0. The normalized spacial score (nSPS) is 4.80. The minimum absolute atomic E-state index is 0. The largest absolute Gasteiger partial charge is 3.00 e. The van der Waals surface area contributed by atoms with Crippen LogP contribution >= 0.6 is 0 Å². The van der Waals surface area contributed by atoms with E-state index in [0.29, 0.717) is 0 Å². The van der Waals surface area contributed by atoms with E-state index in [4.69, 9.17) is 30.0 Å². The van der Waals surface area contributed by atoms with Crippen molar-refractivity contribution in [1.82, 2.24) is 0 Å². The van der Waals surface area contributed by atoms with E-state index in [1.165, 1.54) is 0 Å². The minimum Gasteiger partial charge on any atom is -0.652 e. The molecule has 0 atom stereocenters. The summed E-state index contributed by atoms with van der Waals surface area (Å²) in [6.07, 6.45) is -4.67. The Morgan fingerprint density at radius 3 is 0.800 bits per heavy atom. The molecular weight excluding hydrogens is 218 g/mol. The van der Waals surface area contributed by atoms with E-state index in [1.54, 1.807) is 0 Å². The average molecular weight is 218 g/mol. The Bertz CT molecular complexity index is 73.7. The van der Waals surface area contributed by atoms with Crippen LogP contribution in [-0.2, 0) is 0 Å². The first-order chi connectivity index (χ1) is 3.46. The van der Waals surface area contributed by atoms with Gasteiger partial charge in [-0.1, -0.05) is 0 Å². The van der Waals surface area contributed by atoms with Crippen LogP contribution in [0.4, 0.5) is 9.59 Å². The zero-order valence-electron chi connectivity index (χ0n) is 4.90. The maximum Gasteiger partial charge on any atom is 3.00 e. The molecular formula is C2AsNaO6. The van der Waals surface area contributed by atoms with Gasteiger partial charge in [0, 0.05) is 0 Å². The Balaban J connectivity index is -0.0000000300. The average Bonchev–Trinajstić information content (AvgIpc) is 1.25. The van der Waals surface area contributed by atoms with Gasteiger partial charge in [-0.15, -0.1) is 0 Å². The topological polar surface area (TPSA) is 126 Å². The molecule has 0 aliphatic rings. The van der Waals surface area contributed by atoms with E-state index in [1.807, 2.05) is 0 Å². The molecule has 0 aliphatic carbocycles. The van der Waals surface area contributed by atoms with Crippen LogP contribution < -0.4 is 50.0 Å². The van der Waals surface area contributed by atoms with Crippen LogP contribution in [0.5, 0.6) is 0 Å². The van der Waals surface area contributed by atoms with Crippen molar-refractivity contribution < 1.29 is 59.6 Å². The Labute approximate surface area is 89.5 Å². The Morgan fingerprint density at radius 2 is 0.800 bits per heavy atom. The van der Waals surface area contributed by atoms with Gasteiger partial charge in [-0.3, -0.25) is 0 Å². The van der Waals surface area contributed by atoms with Crippen molar-refractivity contribution in [3.8, 4) is 0 Å². The van der Waals surface area contributed by atoms with Gasteiger partial charge >= 0.3 is 47.5 Å². The van der Waals surface area contributed by atoms with Crippen molar-refractivity contribution in [2.45, 2.75) is 0 Å². The first-order valence-corrected chi connectivity index (χ1v) is 1.22. The third-order valence-electron chi connectivity index (χ3n) is 0. The third-order valence-corrected chi connectivity index (χ3v) is 0. The summed E-state index contributed by atoms with van der Waals surface area (Å²) >= 11 is 0. The van der Waals surface area contributed by atoms with Gasteiger partial charge in [0.15, 0.2) is 0 Å². The number of carboxylic acid groups (broad SMARTS) is 4. The Kier molecular flexibility index (Phi) is 36.1. The molecule has 2 radical (unpaired) electrons. The Hall–Kier alpha value is 0.0984. The van der Waals surface area contributed by atoms with Crippen molar-refractivity contribution in [2.24, 2.45) is 0 Å². The quantitative estimate of drug-likeness (QED) is 0.371. The van der Waals surface area contributed by atoms with Crippen LogP contribution in [-0.4, -0.2) is 30.3 Å². The van der Waals surface area contributed by atoms with Gasteiger partial charge in [-0.2, -0.15) is 0 Å². The number of carbonyl (C=O) groups is 2. The maximum absolute atomic E-state index is 8.33. The number of hydrogen-bond acceptors (Lipinski definition) is 6. The summed E-state index contributed by atoms with van der Waals surface area (Å²) in [5.41, 5.74) is 0. The van der Waals surface area contributed by atoms with E-state index in [9.17, 15) is 0 Å². The van der Waals surface area contributed by atoms with E-state index >= 15 is 0 Å². The van der Waals surface area contributed by atoms with E-state index in [2.05, 4.69) is 0 Å². The molecule has 0 rings (SSSR count). The summed E-state index contributed by atoms with van der Waals surface area (Å²) in [6, 6.07) is 0. The molecule has 10 heavy (non-hydrogen) atoms. The minimum atomic E-state index is -2.33. The molecule has 0 aromatic rings. The van der Waals surface area contributed by atoms with Gasteiger partial charge in [0.1, 0.15) is 0 Å². The summed E-state index contributed by atoms with van der Waals surface area (Å²) in [6.45, 7) is 0. The molecule has 0 spiro atoms. The summed E-state index contributed by atoms with van der Waals surface area (Å²) in [5, 5.41) is 33.3.